The molecule has 0 saturated carbocycles. The van der Waals surface area contributed by atoms with Crippen LogP contribution in [0.3, 0.4) is 0 Å². The van der Waals surface area contributed by atoms with Crippen LogP contribution in [-0.2, 0) is 16.1 Å². The number of nitrogens with one attached hydrogen (secondary N) is 2. The Balaban J connectivity index is 1.20. The molecule has 4 rings (SSSR count). The first-order chi connectivity index (χ1) is 15.6. The van der Waals surface area contributed by atoms with Crippen LogP contribution in [0.5, 0.6) is 17.2 Å². The second-order valence-electron chi connectivity index (χ2n) is 6.64. The van der Waals surface area contributed by atoms with E-state index in [-0.39, 0.29) is 12.4 Å². The van der Waals surface area contributed by atoms with Gasteiger partial charge in [0, 0.05) is 6.54 Å². The molecule has 3 aromatic rings. The smallest absolute Gasteiger partial charge is 0.271 e. The summed E-state index contributed by atoms with van der Waals surface area (Å²) >= 11 is 2.54. The largest absolute Gasteiger partial charge is 0.497 e. The average molecular weight is 473 g/mol. The molecule has 0 fully saturated rings. The van der Waals surface area contributed by atoms with Crippen molar-refractivity contribution in [2.45, 2.75) is 17.0 Å². The molecular formula is C21H20N4O5S2. The molecule has 2 amide bonds. The lowest BCUT2D eigenvalue weighted by Gasteiger charge is -2.25. The number of fused-ring (bicyclic) bond motifs is 1. The number of thioether (sulfide) groups is 1. The molecule has 2 N–H and O–H groups in total. The van der Waals surface area contributed by atoms with Gasteiger partial charge in [-0.1, -0.05) is 47.4 Å². The van der Waals surface area contributed by atoms with Crippen molar-refractivity contribution in [2.75, 3.05) is 24.8 Å². The van der Waals surface area contributed by atoms with Gasteiger partial charge in [0.15, 0.2) is 15.8 Å². The van der Waals surface area contributed by atoms with Crippen LogP contribution in [0.2, 0.25) is 0 Å². The van der Waals surface area contributed by atoms with Gasteiger partial charge >= 0.3 is 0 Å². The number of carbonyl (C=O) groups excluding carboxylic acids is 2. The number of imide groups is 1. The lowest BCUT2D eigenvalue weighted by molar-refractivity contribution is -0.135. The number of amides is 2. The van der Waals surface area contributed by atoms with E-state index >= 15 is 0 Å². The zero-order valence-electron chi connectivity index (χ0n) is 17.1. The minimum atomic E-state index is -0.880. The fraction of sp³-hybridized carbons (Fsp3) is 0.238. The van der Waals surface area contributed by atoms with Gasteiger partial charge in [-0.3, -0.25) is 14.9 Å². The van der Waals surface area contributed by atoms with Crippen molar-refractivity contribution in [1.82, 2.24) is 15.5 Å². The van der Waals surface area contributed by atoms with Crippen molar-refractivity contribution in [3.05, 3.63) is 54.1 Å². The molecule has 2 aromatic carbocycles. The number of para-hydroxylation sites is 2. The highest BCUT2D eigenvalue weighted by Crippen LogP contribution is 2.31. The summed E-state index contributed by atoms with van der Waals surface area (Å²) in [4.78, 5) is 24.5. The van der Waals surface area contributed by atoms with E-state index in [9.17, 15) is 9.59 Å². The molecule has 0 aliphatic carbocycles. The number of methoxy groups -OCH3 is 1. The Morgan fingerprint density at radius 3 is 2.72 bits per heavy atom. The monoisotopic (exact) mass is 472 g/mol. The maximum Gasteiger partial charge on any atom is 0.271 e. The van der Waals surface area contributed by atoms with Gasteiger partial charge in [0.2, 0.25) is 17.1 Å². The molecule has 2 heterocycles. The molecule has 1 unspecified atom stereocenters. The number of aromatic nitrogens is 2. The first-order valence-electron chi connectivity index (χ1n) is 9.66. The third kappa shape index (κ3) is 5.68. The molecule has 11 heteroatoms. The molecular weight excluding hydrogens is 452 g/mol. The summed E-state index contributed by atoms with van der Waals surface area (Å²) in [5.74, 6) is 0.903. The minimum absolute atomic E-state index is 0.0308. The van der Waals surface area contributed by atoms with Gasteiger partial charge in [0.05, 0.1) is 12.9 Å². The Labute approximate surface area is 192 Å². The molecule has 166 valence electrons. The van der Waals surface area contributed by atoms with Crippen LogP contribution in [-0.4, -0.2) is 47.6 Å². The summed E-state index contributed by atoms with van der Waals surface area (Å²) < 4.78 is 16.9. The molecule has 1 atom stereocenters. The van der Waals surface area contributed by atoms with E-state index in [0.29, 0.717) is 27.5 Å². The highest BCUT2D eigenvalue weighted by molar-refractivity contribution is 8.01. The van der Waals surface area contributed by atoms with E-state index in [1.54, 1.807) is 25.3 Å². The van der Waals surface area contributed by atoms with Gasteiger partial charge in [0.25, 0.3) is 5.91 Å². The highest BCUT2D eigenvalue weighted by atomic mass is 32.2. The lowest BCUT2D eigenvalue weighted by Crippen LogP contribution is -2.46. The zero-order valence-corrected chi connectivity index (χ0v) is 18.7. The third-order valence-corrected chi connectivity index (χ3v) is 6.41. The van der Waals surface area contributed by atoms with Gasteiger partial charge in [-0.25, -0.2) is 0 Å². The van der Waals surface area contributed by atoms with Crippen molar-refractivity contribution >= 4 is 40.0 Å². The van der Waals surface area contributed by atoms with Gasteiger partial charge in [-0.2, -0.15) is 0 Å². The highest BCUT2D eigenvalue weighted by Gasteiger charge is 2.28. The maximum atomic E-state index is 12.3. The van der Waals surface area contributed by atoms with Crippen LogP contribution in [0, 0.1) is 0 Å². The molecule has 32 heavy (non-hydrogen) atoms. The van der Waals surface area contributed by atoms with E-state index in [1.807, 2.05) is 30.3 Å². The van der Waals surface area contributed by atoms with E-state index in [0.717, 1.165) is 11.3 Å². The summed E-state index contributed by atoms with van der Waals surface area (Å²) in [5.41, 5.74) is 1.07. The van der Waals surface area contributed by atoms with Gasteiger partial charge < -0.3 is 19.5 Å². The van der Waals surface area contributed by atoms with Crippen molar-refractivity contribution in [3.8, 4) is 17.2 Å². The second-order valence-corrected chi connectivity index (χ2v) is 8.84. The van der Waals surface area contributed by atoms with Crippen molar-refractivity contribution in [1.29, 1.82) is 0 Å². The summed E-state index contributed by atoms with van der Waals surface area (Å²) in [5, 5.41) is 14.3. The second kappa shape index (κ2) is 10.3. The Morgan fingerprint density at radius 2 is 1.94 bits per heavy atom. The number of hydrogen-bond donors (Lipinski definition) is 2. The van der Waals surface area contributed by atoms with Crippen LogP contribution in [0.1, 0.15) is 5.56 Å². The molecule has 0 bridgehead atoms. The molecule has 1 aromatic heterocycles. The number of nitrogens with zero attached hydrogens (tertiary/aromatic N) is 2. The third-order valence-electron chi connectivity index (χ3n) is 4.40. The topological polar surface area (TPSA) is 112 Å². The summed E-state index contributed by atoms with van der Waals surface area (Å²) in [6.45, 7) is 0.633. The van der Waals surface area contributed by atoms with Crippen LogP contribution < -0.4 is 24.8 Å². The van der Waals surface area contributed by atoms with Crippen LogP contribution in [0.25, 0.3) is 0 Å². The first kappa shape index (κ1) is 21.9. The van der Waals surface area contributed by atoms with Gasteiger partial charge in [0.1, 0.15) is 12.4 Å². The average Bonchev–Trinajstić information content (AvgIpc) is 3.29. The van der Waals surface area contributed by atoms with Crippen molar-refractivity contribution in [2.24, 2.45) is 0 Å². The number of carbonyl (C=O) groups is 2. The Bertz CT molecular complexity index is 1090. The fourth-order valence-electron chi connectivity index (χ4n) is 2.79. The van der Waals surface area contributed by atoms with Crippen molar-refractivity contribution < 1.29 is 23.8 Å². The van der Waals surface area contributed by atoms with Gasteiger partial charge in [-0.05, 0) is 29.8 Å². The minimum Gasteiger partial charge on any atom is -0.497 e. The molecule has 0 saturated heterocycles. The first-order valence-corrected chi connectivity index (χ1v) is 11.5. The van der Waals surface area contributed by atoms with E-state index in [1.165, 1.54) is 23.1 Å². The number of hydrogen-bond acceptors (Lipinski definition) is 10. The lowest BCUT2D eigenvalue weighted by atomic mass is 10.2. The number of benzene rings is 2. The summed E-state index contributed by atoms with van der Waals surface area (Å²) in [6, 6.07) is 14.8. The predicted molar refractivity (Wildman–Crippen MR) is 120 cm³/mol. The normalized spacial score (nSPS) is 14.5. The molecule has 0 spiro atoms. The van der Waals surface area contributed by atoms with Gasteiger partial charge in [-0.15, -0.1) is 10.2 Å². The predicted octanol–water partition coefficient (Wildman–Crippen LogP) is 2.73. The quantitative estimate of drug-likeness (QED) is 0.478. The van der Waals surface area contributed by atoms with Crippen LogP contribution in [0.15, 0.2) is 52.9 Å². The molecule has 1 aliphatic heterocycles. The summed E-state index contributed by atoms with van der Waals surface area (Å²) in [7, 11) is 1.63. The Hall–Kier alpha value is -3.31. The fourth-order valence-corrected chi connectivity index (χ4v) is 4.34. The number of rotatable bonds is 8. The Morgan fingerprint density at radius 1 is 1.16 bits per heavy atom. The SMILES string of the molecule is COc1ccc(CNc2nnc(SCC(=O)NC(=O)C3COc4ccccc4O3)s2)cc1. The summed E-state index contributed by atoms with van der Waals surface area (Å²) in [6.07, 6.45) is -0.880. The Kier molecular flexibility index (Phi) is 7.07. The van der Waals surface area contributed by atoms with E-state index in [4.69, 9.17) is 14.2 Å². The number of anilines is 1. The van der Waals surface area contributed by atoms with Crippen LogP contribution >= 0.6 is 23.1 Å². The number of ether oxygens (including phenoxy) is 3. The standard InChI is InChI=1S/C21H20N4O5S2/c1-28-14-8-6-13(7-9-14)10-22-20-24-25-21(32-20)31-12-18(26)23-19(27)17-11-29-15-4-2-3-5-16(15)30-17/h2-9,17H,10-12H2,1H3,(H,22,24)(H,23,26,27). The zero-order chi connectivity index (χ0) is 22.3. The van der Waals surface area contributed by atoms with E-state index < -0.39 is 17.9 Å². The molecule has 0 radical (unpaired) electrons. The molecule has 9 nitrogen and oxygen atoms in total. The van der Waals surface area contributed by atoms with Crippen molar-refractivity contribution in [3.63, 3.8) is 0 Å². The van der Waals surface area contributed by atoms with E-state index in [2.05, 4.69) is 20.8 Å². The molecule has 1 aliphatic rings. The maximum absolute atomic E-state index is 12.3. The van der Waals surface area contributed by atoms with Crippen LogP contribution in [0.4, 0.5) is 5.13 Å².